The lowest BCUT2D eigenvalue weighted by Gasteiger charge is -2.24. The SMILES string of the molecule is CC(=O)N(Cc1ccc(OCc2cccc(F)c2)cc1)CC1CCCO1. The second-order valence-electron chi connectivity index (χ2n) is 6.60. The van der Waals surface area contributed by atoms with E-state index in [1.54, 1.807) is 13.0 Å². The minimum Gasteiger partial charge on any atom is -0.489 e. The second kappa shape index (κ2) is 8.81. The Morgan fingerprint density at radius 1 is 1.23 bits per heavy atom. The molecule has 1 atom stereocenters. The second-order valence-corrected chi connectivity index (χ2v) is 6.60. The number of carbonyl (C=O) groups excluding carboxylic acids is 1. The summed E-state index contributed by atoms with van der Waals surface area (Å²) in [5, 5.41) is 0. The highest BCUT2D eigenvalue weighted by atomic mass is 19.1. The van der Waals surface area contributed by atoms with Gasteiger partial charge in [-0.2, -0.15) is 0 Å². The number of amides is 1. The predicted octanol–water partition coefficient (Wildman–Crippen LogP) is 3.93. The first-order valence-electron chi connectivity index (χ1n) is 8.93. The van der Waals surface area contributed by atoms with Crippen LogP contribution in [0.25, 0.3) is 0 Å². The first kappa shape index (κ1) is 18.4. The van der Waals surface area contributed by atoms with Gasteiger partial charge < -0.3 is 14.4 Å². The van der Waals surface area contributed by atoms with Gasteiger partial charge in [0, 0.05) is 26.6 Å². The van der Waals surface area contributed by atoms with Crippen molar-refractivity contribution in [1.29, 1.82) is 0 Å². The summed E-state index contributed by atoms with van der Waals surface area (Å²) in [5.74, 6) is 0.496. The smallest absolute Gasteiger partial charge is 0.219 e. The number of carbonyl (C=O) groups is 1. The molecule has 138 valence electrons. The number of hydrogen-bond acceptors (Lipinski definition) is 3. The highest BCUT2D eigenvalue weighted by Gasteiger charge is 2.20. The zero-order valence-electron chi connectivity index (χ0n) is 15.0. The van der Waals surface area contributed by atoms with Crippen molar-refractivity contribution in [3.63, 3.8) is 0 Å². The third kappa shape index (κ3) is 5.30. The average Bonchev–Trinajstić information content (AvgIpc) is 3.14. The van der Waals surface area contributed by atoms with Crippen LogP contribution < -0.4 is 4.74 Å². The molecular formula is C21H24FNO3. The average molecular weight is 357 g/mol. The summed E-state index contributed by atoms with van der Waals surface area (Å²) in [5.41, 5.74) is 1.82. The van der Waals surface area contributed by atoms with Crippen LogP contribution in [-0.4, -0.2) is 30.1 Å². The summed E-state index contributed by atoms with van der Waals surface area (Å²) >= 11 is 0. The molecule has 1 saturated heterocycles. The molecule has 0 aliphatic carbocycles. The van der Waals surface area contributed by atoms with Gasteiger partial charge in [0.05, 0.1) is 6.10 Å². The molecule has 26 heavy (non-hydrogen) atoms. The van der Waals surface area contributed by atoms with Crippen LogP contribution in [0.1, 0.15) is 30.9 Å². The normalized spacial score (nSPS) is 16.5. The molecule has 0 aromatic heterocycles. The number of hydrogen-bond donors (Lipinski definition) is 0. The number of nitrogens with zero attached hydrogens (tertiary/aromatic N) is 1. The molecule has 0 bridgehead atoms. The lowest BCUT2D eigenvalue weighted by Crippen LogP contribution is -2.35. The molecule has 1 aliphatic rings. The number of ether oxygens (including phenoxy) is 2. The molecule has 0 saturated carbocycles. The fourth-order valence-corrected chi connectivity index (χ4v) is 3.04. The third-order valence-corrected chi connectivity index (χ3v) is 4.48. The largest absolute Gasteiger partial charge is 0.489 e. The van der Waals surface area contributed by atoms with Crippen LogP contribution in [0, 0.1) is 5.82 Å². The van der Waals surface area contributed by atoms with Crippen molar-refractivity contribution in [2.45, 2.75) is 39.0 Å². The predicted molar refractivity (Wildman–Crippen MR) is 97.2 cm³/mol. The summed E-state index contributed by atoms with van der Waals surface area (Å²) in [6.45, 7) is 3.88. The maximum Gasteiger partial charge on any atom is 0.219 e. The summed E-state index contributed by atoms with van der Waals surface area (Å²) in [7, 11) is 0. The van der Waals surface area contributed by atoms with Gasteiger partial charge in [-0.3, -0.25) is 4.79 Å². The molecule has 4 nitrogen and oxygen atoms in total. The van der Waals surface area contributed by atoms with E-state index in [9.17, 15) is 9.18 Å². The highest BCUT2D eigenvalue weighted by Crippen LogP contribution is 2.18. The summed E-state index contributed by atoms with van der Waals surface area (Å²) in [4.78, 5) is 13.7. The number of benzene rings is 2. The van der Waals surface area contributed by atoms with Gasteiger partial charge in [0.1, 0.15) is 18.2 Å². The van der Waals surface area contributed by atoms with Crippen LogP contribution in [0.3, 0.4) is 0 Å². The molecule has 5 heteroatoms. The van der Waals surface area contributed by atoms with Gasteiger partial charge in [0.2, 0.25) is 5.91 Å². The molecule has 2 aromatic carbocycles. The van der Waals surface area contributed by atoms with Crippen molar-refractivity contribution in [2.75, 3.05) is 13.2 Å². The fourth-order valence-electron chi connectivity index (χ4n) is 3.04. The monoisotopic (exact) mass is 357 g/mol. The maximum absolute atomic E-state index is 13.2. The topological polar surface area (TPSA) is 38.8 Å². The molecule has 0 radical (unpaired) electrons. The van der Waals surface area contributed by atoms with E-state index in [4.69, 9.17) is 9.47 Å². The lowest BCUT2D eigenvalue weighted by molar-refractivity contribution is -0.131. The Kier molecular flexibility index (Phi) is 6.23. The minimum atomic E-state index is -0.267. The van der Waals surface area contributed by atoms with Gasteiger partial charge >= 0.3 is 0 Å². The van der Waals surface area contributed by atoms with Crippen molar-refractivity contribution in [3.05, 3.63) is 65.5 Å². The van der Waals surface area contributed by atoms with Crippen LogP contribution in [0.15, 0.2) is 48.5 Å². The Labute approximate surface area is 153 Å². The molecule has 2 aromatic rings. The standard InChI is InChI=1S/C21H24FNO3/c1-16(24)23(14-21-6-3-11-25-21)13-17-7-9-20(10-8-17)26-15-18-4-2-5-19(22)12-18/h2,4-5,7-10,12,21H,3,6,11,13-15H2,1H3. The Hall–Kier alpha value is -2.40. The zero-order chi connectivity index (χ0) is 18.4. The maximum atomic E-state index is 13.2. The molecule has 0 N–H and O–H groups in total. The molecule has 3 rings (SSSR count). The van der Waals surface area contributed by atoms with Crippen molar-refractivity contribution in [3.8, 4) is 5.75 Å². The Morgan fingerprint density at radius 2 is 2.04 bits per heavy atom. The van der Waals surface area contributed by atoms with Gasteiger partial charge in [-0.25, -0.2) is 4.39 Å². The lowest BCUT2D eigenvalue weighted by atomic mass is 10.1. The van der Waals surface area contributed by atoms with Crippen molar-refractivity contribution in [2.24, 2.45) is 0 Å². The summed E-state index contributed by atoms with van der Waals surface area (Å²) in [6.07, 6.45) is 2.22. The van der Waals surface area contributed by atoms with E-state index in [2.05, 4.69) is 0 Å². The van der Waals surface area contributed by atoms with E-state index in [0.717, 1.165) is 30.6 Å². The third-order valence-electron chi connectivity index (χ3n) is 4.48. The molecule has 1 unspecified atom stereocenters. The van der Waals surface area contributed by atoms with Crippen molar-refractivity contribution >= 4 is 5.91 Å². The van der Waals surface area contributed by atoms with Crippen LogP contribution in [0.5, 0.6) is 5.75 Å². The van der Waals surface area contributed by atoms with E-state index in [-0.39, 0.29) is 17.8 Å². The highest BCUT2D eigenvalue weighted by molar-refractivity contribution is 5.73. The van der Waals surface area contributed by atoms with Gasteiger partial charge in [0.25, 0.3) is 0 Å². The van der Waals surface area contributed by atoms with Gasteiger partial charge in [-0.15, -0.1) is 0 Å². The Morgan fingerprint density at radius 3 is 2.69 bits per heavy atom. The summed E-state index contributed by atoms with van der Waals surface area (Å²) in [6, 6.07) is 14.0. The van der Waals surface area contributed by atoms with E-state index in [1.165, 1.54) is 12.1 Å². The van der Waals surface area contributed by atoms with Crippen molar-refractivity contribution < 1.29 is 18.7 Å². The Balaban J connectivity index is 1.54. The zero-order valence-corrected chi connectivity index (χ0v) is 15.0. The number of rotatable bonds is 7. The van der Waals surface area contributed by atoms with Crippen LogP contribution in [0.4, 0.5) is 4.39 Å². The fraction of sp³-hybridized carbons (Fsp3) is 0.381. The van der Waals surface area contributed by atoms with E-state index >= 15 is 0 Å². The molecule has 1 aliphatic heterocycles. The first-order chi connectivity index (χ1) is 12.6. The van der Waals surface area contributed by atoms with Crippen LogP contribution in [-0.2, 0) is 22.7 Å². The molecule has 0 spiro atoms. The Bertz CT molecular complexity index is 726. The van der Waals surface area contributed by atoms with E-state index < -0.39 is 0 Å². The molecule has 1 fully saturated rings. The van der Waals surface area contributed by atoms with E-state index in [0.29, 0.717) is 25.4 Å². The molecule has 1 heterocycles. The summed E-state index contributed by atoms with van der Waals surface area (Å²) < 4.78 is 24.5. The molecular weight excluding hydrogens is 333 g/mol. The number of halogens is 1. The quantitative estimate of drug-likeness (QED) is 0.754. The van der Waals surface area contributed by atoms with Crippen LogP contribution in [0.2, 0.25) is 0 Å². The first-order valence-corrected chi connectivity index (χ1v) is 8.93. The van der Waals surface area contributed by atoms with Gasteiger partial charge in [0.15, 0.2) is 0 Å². The van der Waals surface area contributed by atoms with Crippen molar-refractivity contribution in [1.82, 2.24) is 4.90 Å². The molecule has 1 amide bonds. The van der Waals surface area contributed by atoms with Gasteiger partial charge in [-0.1, -0.05) is 24.3 Å². The minimum absolute atomic E-state index is 0.0481. The van der Waals surface area contributed by atoms with Gasteiger partial charge in [-0.05, 0) is 48.2 Å². The van der Waals surface area contributed by atoms with Crippen LogP contribution >= 0.6 is 0 Å². The van der Waals surface area contributed by atoms with E-state index in [1.807, 2.05) is 35.2 Å².